The molecule has 7 heteroatoms. The standard InChI is InChI=1S/C16H23BrN4S2/c1-4-18-16(19-9-7-13-5-6-14(17)23-13)20-10-8-15-21-11(2)12(3)22-15/h5-6H,4,7-10H2,1-3H3,(H2,18,19,20). The van der Waals surface area contributed by atoms with Crippen molar-refractivity contribution in [3.8, 4) is 0 Å². The van der Waals surface area contributed by atoms with Crippen LogP contribution in [-0.2, 0) is 12.8 Å². The Kier molecular flexibility index (Phi) is 7.52. The lowest BCUT2D eigenvalue weighted by Crippen LogP contribution is -2.38. The van der Waals surface area contributed by atoms with Gasteiger partial charge in [0.15, 0.2) is 5.96 Å². The number of halogens is 1. The Morgan fingerprint density at radius 1 is 1.22 bits per heavy atom. The highest BCUT2D eigenvalue weighted by Gasteiger charge is 2.04. The van der Waals surface area contributed by atoms with Gasteiger partial charge < -0.3 is 10.6 Å². The van der Waals surface area contributed by atoms with Crippen LogP contribution in [0.4, 0.5) is 0 Å². The van der Waals surface area contributed by atoms with Crippen molar-refractivity contribution in [1.82, 2.24) is 15.6 Å². The van der Waals surface area contributed by atoms with Gasteiger partial charge in [-0.25, -0.2) is 4.98 Å². The summed E-state index contributed by atoms with van der Waals surface area (Å²) < 4.78 is 1.18. The second-order valence-electron chi connectivity index (χ2n) is 5.14. The number of hydrogen-bond acceptors (Lipinski definition) is 4. The lowest BCUT2D eigenvalue weighted by atomic mass is 10.3. The van der Waals surface area contributed by atoms with Gasteiger partial charge >= 0.3 is 0 Å². The third-order valence-electron chi connectivity index (χ3n) is 3.31. The van der Waals surface area contributed by atoms with Crippen molar-refractivity contribution in [2.24, 2.45) is 4.99 Å². The number of aryl methyl sites for hydroxylation is 2. The Morgan fingerprint density at radius 2 is 2.04 bits per heavy atom. The molecule has 2 N–H and O–H groups in total. The summed E-state index contributed by atoms with van der Waals surface area (Å²) in [7, 11) is 0. The summed E-state index contributed by atoms with van der Waals surface area (Å²) in [5.41, 5.74) is 1.14. The van der Waals surface area contributed by atoms with Crippen molar-refractivity contribution in [3.05, 3.63) is 36.4 Å². The van der Waals surface area contributed by atoms with Crippen molar-refractivity contribution < 1.29 is 0 Å². The van der Waals surface area contributed by atoms with Crippen LogP contribution in [0.5, 0.6) is 0 Å². The third-order valence-corrected chi connectivity index (χ3v) is 6.12. The molecule has 0 bridgehead atoms. The molecule has 0 aliphatic rings. The number of nitrogens with zero attached hydrogens (tertiary/aromatic N) is 2. The van der Waals surface area contributed by atoms with E-state index in [1.165, 1.54) is 18.5 Å². The van der Waals surface area contributed by atoms with Gasteiger partial charge in [0.2, 0.25) is 0 Å². The summed E-state index contributed by atoms with van der Waals surface area (Å²) in [5.74, 6) is 0.883. The zero-order valence-electron chi connectivity index (χ0n) is 13.8. The smallest absolute Gasteiger partial charge is 0.191 e. The van der Waals surface area contributed by atoms with E-state index < -0.39 is 0 Å². The summed E-state index contributed by atoms with van der Waals surface area (Å²) in [6.45, 7) is 8.77. The topological polar surface area (TPSA) is 49.3 Å². The van der Waals surface area contributed by atoms with Crippen LogP contribution in [0.15, 0.2) is 20.9 Å². The predicted molar refractivity (Wildman–Crippen MR) is 105 cm³/mol. The first-order valence-electron chi connectivity index (χ1n) is 7.77. The number of thiophene rings is 1. The van der Waals surface area contributed by atoms with E-state index in [1.54, 1.807) is 22.7 Å². The number of rotatable bonds is 7. The second kappa shape index (κ2) is 9.39. The quantitative estimate of drug-likeness (QED) is 0.532. The molecule has 0 radical (unpaired) electrons. The molecule has 23 heavy (non-hydrogen) atoms. The Labute approximate surface area is 154 Å². The number of nitrogens with one attached hydrogen (secondary N) is 2. The van der Waals surface area contributed by atoms with Gasteiger partial charge in [-0.15, -0.1) is 22.7 Å². The minimum atomic E-state index is 0.756. The Hall–Kier alpha value is -0.920. The highest BCUT2D eigenvalue weighted by molar-refractivity contribution is 9.11. The van der Waals surface area contributed by atoms with E-state index >= 15 is 0 Å². The number of thiazole rings is 1. The average molecular weight is 415 g/mol. The molecule has 0 atom stereocenters. The Balaban J connectivity index is 1.79. The molecule has 0 saturated carbocycles. The molecule has 2 aromatic heterocycles. The maximum atomic E-state index is 4.64. The Morgan fingerprint density at radius 3 is 2.65 bits per heavy atom. The molecule has 2 heterocycles. The molecular formula is C16H23BrN4S2. The van der Waals surface area contributed by atoms with Crippen molar-refractivity contribution in [3.63, 3.8) is 0 Å². The summed E-state index contributed by atoms with van der Waals surface area (Å²) in [4.78, 5) is 11.9. The van der Waals surface area contributed by atoms with Crippen LogP contribution in [0, 0.1) is 13.8 Å². The highest BCUT2D eigenvalue weighted by Crippen LogP contribution is 2.22. The van der Waals surface area contributed by atoms with Crippen LogP contribution in [0.3, 0.4) is 0 Å². The fourth-order valence-corrected chi connectivity index (χ4v) is 4.45. The number of guanidine groups is 1. The van der Waals surface area contributed by atoms with Crippen LogP contribution in [0.25, 0.3) is 0 Å². The SMILES string of the molecule is CCNC(=NCCc1nc(C)c(C)s1)NCCc1ccc(Br)s1. The van der Waals surface area contributed by atoms with E-state index in [4.69, 9.17) is 0 Å². The van der Waals surface area contributed by atoms with Crippen LogP contribution in [0.2, 0.25) is 0 Å². The van der Waals surface area contributed by atoms with Crippen molar-refractivity contribution in [2.45, 2.75) is 33.6 Å². The van der Waals surface area contributed by atoms with Crippen molar-refractivity contribution in [2.75, 3.05) is 19.6 Å². The third kappa shape index (κ3) is 6.24. The van der Waals surface area contributed by atoms with Crippen molar-refractivity contribution in [1.29, 1.82) is 0 Å². The minimum absolute atomic E-state index is 0.756. The molecular weight excluding hydrogens is 392 g/mol. The molecule has 0 amide bonds. The molecule has 0 aliphatic carbocycles. The number of aromatic nitrogens is 1. The van der Waals surface area contributed by atoms with Gasteiger partial charge in [-0.1, -0.05) is 0 Å². The molecule has 0 saturated heterocycles. The van der Waals surface area contributed by atoms with Gasteiger partial charge in [0.05, 0.1) is 14.5 Å². The lowest BCUT2D eigenvalue weighted by molar-refractivity contribution is 0.800. The molecule has 0 aliphatic heterocycles. The van der Waals surface area contributed by atoms with Crippen LogP contribution >= 0.6 is 38.6 Å². The van der Waals surface area contributed by atoms with Crippen molar-refractivity contribution >= 4 is 44.6 Å². The van der Waals surface area contributed by atoms with Gasteiger partial charge in [0.1, 0.15) is 0 Å². The molecule has 0 aromatic carbocycles. The monoisotopic (exact) mass is 414 g/mol. The van der Waals surface area contributed by atoms with E-state index in [-0.39, 0.29) is 0 Å². The Bertz CT molecular complexity index is 629. The average Bonchev–Trinajstić information content (AvgIpc) is 3.05. The molecule has 0 unspecified atom stereocenters. The normalized spacial score (nSPS) is 11.7. The van der Waals surface area contributed by atoms with E-state index in [0.717, 1.165) is 44.1 Å². The second-order valence-corrected chi connectivity index (χ2v) is 8.98. The first-order valence-corrected chi connectivity index (χ1v) is 10.2. The summed E-state index contributed by atoms with van der Waals surface area (Å²) in [6.07, 6.45) is 1.90. The van der Waals surface area contributed by atoms with Crippen LogP contribution in [-0.4, -0.2) is 30.6 Å². The maximum Gasteiger partial charge on any atom is 0.191 e. The fourth-order valence-electron chi connectivity index (χ4n) is 2.04. The molecule has 2 rings (SSSR count). The summed E-state index contributed by atoms with van der Waals surface area (Å²) >= 11 is 7.05. The first kappa shape index (κ1) is 18.4. The fraction of sp³-hybridized carbons (Fsp3) is 0.500. The number of hydrogen-bond donors (Lipinski definition) is 2. The van der Waals surface area contributed by atoms with Gasteiger partial charge in [-0.2, -0.15) is 0 Å². The first-order chi connectivity index (χ1) is 11.1. The van der Waals surface area contributed by atoms with Gasteiger partial charge in [-0.05, 0) is 55.3 Å². The molecule has 0 fully saturated rings. The zero-order valence-corrected chi connectivity index (χ0v) is 17.0. The molecule has 2 aromatic rings. The lowest BCUT2D eigenvalue weighted by Gasteiger charge is -2.10. The van der Waals surface area contributed by atoms with E-state index in [0.29, 0.717) is 0 Å². The minimum Gasteiger partial charge on any atom is -0.357 e. The van der Waals surface area contributed by atoms with E-state index in [1.807, 2.05) is 0 Å². The van der Waals surface area contributed by atoms with Crippen LogP contribution < -0.4 is 10.6 Å². The van der Waals surface area contributed by atoms with E-state index in [9.17, 15) is 0 Å². The predicted octanol–water partition coefficient (Wildman–Crippen LogP) is 3.92. The molecule has 4 nitrogen and oxygen atoms in total. The number of aliphatic imine (C=N–C) groups is 1. The summed E-state index contributed by atoms with van der Waals surface area (Å²) in [5, 5.41) is 7.86. The zero-order chi connectivity index (χ0) is 16.7. The van der Waals surface area contributed by atoms with Crippen LogP contribution in [0.1, 0.15) is 27.4 Å². The molecule has 0 spiro atoms. The highest BCUT2D eigenvalue weighted by atomic mass is 79.9. The molecule has 126 valence electrons. The largest absolute Gasteiger partial charge is 0.357 e. The van der Waals surface area contributed by atoms with Gasteiger partial charge in [0.25, 0.3) is 0 Å². The van der Waals surface area contributed by atoms with E-state index in [2.05, 4.69) is 69.4 Å². The maximum absolute atomic E-state index is 4.64. The summed E-state index contributed by atoms with van der Waals surface area (Å²) in [6, 6.07) is 4.25. The van der Waals surface area contributed by atoms with Gasteiger partial charge in [-0.3, -0.25) is 4.99 Å². The van der Waals surface area contributed by atoms with Gasteiger partial charge in [0, 0.05) is 35.8 Å².